The molecule has 0 radical (unpaired) electrons. The maximum absolute atomic E-state index is 12.6. The Hall–Kier alpha value is -1.45. The maximum Gasteiger partial charge on any atom is 0.326 e. The minimum atomic E-state index is -3.74. The van der Waals surface area contributed by atoms with Gasteiger partial charge in [0.15, 0.2) is 0 Å². The molecule has 3 unspecified atom stereocenters. The summed E-state index contributed by atoms with van der Waals surface area (Å²) >= 11 is 1.07. The molecule has 0 spiro atoms. The molecule has 1 saturated carbocycles. The van der Waals surface area contributed by atoms with E-state index in [9.17, 15) is 23.1 Å². The van der Waals surface area contributed by atoms with E-state index in [0.29, 0.717) is 6.42 Å². The largest absolute Gasteiger partial charge is 0.480 e. The number of carboxylic acids is 1. The molecule has 0 aromatic carbocycles. The summed E-state index contributed by atoms with van der Waals surface area (Å²) in [6, 6.07) is 2.15. The number of likely N-dealkylation sites (tertiary alicyclic amines) is 1. The van der Waals surface area contributed by atoms with Gasteiger partial charge in [0.25, 0.3) is 10.0 Å². The number of fused-ring (bicyclic) bond motifs is 1. The number of sulfonamides is 1. The van der Waals surface area contributed by atoms with Gasteiger partial charge in [-0.15, -0.1) is 11.3 Å². The van der Waals surface area contributed by atoms with Gasteiger partial charge in [-0.05, 0) is 36.6 Å². The monoisotopic (exact) mass is 372 g/mol. The summed E-state index contributed by atoms with van der Waals surface area (Å²) in [4.78, 5) is 25.5. The second-order valence-corrected chi connectivity index (χ2v) is 9.20. The summed E-state index contributed by atoms with van der Waals surface area (Å²) < 4.78 is 26.7. The fraction of sp³-hybridized carbons (Fsp3) is 0.600. The molecule has 2 fully saturated rings. The molecule has 24 heavy (non-hydrogen) atoms. The van der Waals surface area contributed by atoms with Gasteiger partial charge in [-0.1, -0.05) is 18.9 Å². The number of hydrogen-bond acceptors (Lipinski definition) is 5. The number of rotatable bonds is 5. The summed E-state index contributed by atoms with van der Waals surface area (Å²) in [5.41, 5.74) is 0. The van der Waals surface area contributed by atoms with Crippen LogP contribution >= 0.6 is 11.3 Å². The topological polar surface area (TPSA) is 104 Å². The fourth-order valence-corrected chi connectivity index (χ4v) is 5.79. The summed E-state index contributed by atoms with van der Waals surface area (Å²) in [5, 5.41) is 11.1. The van der Waals surface area contributed by atoms with Crippen LogP contribution in [-0.4, -0.2) is 48.9 Å². The zero-order valence-corrected chi connectivity index (χ0v) is 14.7. The Balaban J connectivity index is 1.71. The highest BCUT2D eigenvalue weighted by molar-refractivity contribution is 7.91. The molecule has 2 N–H and O–H groups in total. The van der Waals surface area contributed by atoms with Crippen molar-refractivity contribution in [1.29, 1.82) is 0 Å². The van der Waals surface area contributed by atoms with Crippen molar-refractivity contribution in [2.75, 3.05) is 6.54 Å². The highest BCUT2D eigenvalue weighted by atomic mass is 32.2. The standard InChI is InChI=1S/C15H20N2O5S2/c18-13(9-16-24(21,22)14-6-3-7-23-14)17-11-5-2-1-4-10(11)8-12(17)15(19)20/h3,6-7,10-12,16H,1-2,4-5,8-9H2,(H,19,20). The molecule has 7 nitrogen and oxygen atoms in total. The van der Waals surface area contributed by atoms with E-state index in [1.807, 2.05) is 0 Å². The van der Waals surface area contributed by atoms with E-state index in [1.165, 1.54) is 11.0 Å². The first-order valence-corrected chi connectivity index (χ1v) is 10.3. The first-order valence-electron chi connectivity index (χ1n) is 7.97. The Kier molecular flexibility index (Phi) is 4.93. The fourth-order valence-electron chi connectivity index (χ4n) is 3.77. The molecule has 0 bridgehead atoms. The molecule has 1 aromatic heterocycles. The summed E-state index contributed by atoms with van der Waals surface area (Å²) in [7, 11) is -3.74. The van der Waals surface area contributed by atoms with Crippen molar-refractivity contribution in [3.05, 3.63) is 17.5 Å². The first kappa shape index (κ1) is 17.4. The Morgan fingerprint density at radius 2 is 2.08 bits per heavy atom. The van der Waals surface area contributed by atoms with Crippen LogP contribution < -0.4 is 4.72 Å². The van der Waals surface area contributed by atoms with E-state index >= 15 is 0 Å². The van der Waals surface area contributed by atoms with Crippen molar-refractivity contribution in [2.24, 2.45) is 5.92 Å². The molecular formula is C15H20N2O5S2. The summed E-state index contributed by atoms with van der Waals surface area (Å²) in [6.45, 7) is -0.409. The number of hydrogen-bond donors (Lipinski definition) is 2. The molecular weight excluding hydrogens is 352 g/mol. The molecule has 1 aliphatic heterocycles. The predicted octanol–water partition coefficient (Wildman–Crippen LogP) is 1.27. The van der Waals surface area contributed by atoms with Crippen molar-refractivity contribution in [2.45, 2.75) is 48.4 Å². The van der Waals surface area contributed by atoms with Crippen molar-refractivity contribution in [3.63, 3.8) is 0 Å². The Morgan fingerprint density at radius 3 is 2.75 bits per heavy atom. The molecule has 9 heteroatoms. The number of aliphatic carboxylic acids is 1. The van der Waals surface area contributed by atoms with Gasteiger partial charge in [-0.25, -0.2) is 17.9 Å². The van der Waals surface area contributed by atoms with Crippen LogP contribution in [0, 0.1) is 5.92 Å². The van der Waals surface area contributed by atoms with Gasteiger partial charge in [0.05, 0.1) is 6.54 Å². The number of carboxylic acid groups (broad SMARTS) is 1. The van der Waals surface area contributed by atoms with Gasteiger partial charge < -0.3 is 10.0 Å². The molecule has 132 valence electrons. The van der Waals surface area contributed by atoms with Crippen molar-refractivity contribution in [3.8, 4) is 0 Å². The Labute approximate surface area is 144 Å². The lowest BCUT2D eigenvalue weighted by atomic mass is 9.85. The lowest BCUT2D eigenvalue weighted by Gasteiger charge is -2.33. The SMILES string of the molecule is O=C(O)C1CC2CCCCC2N1C(=O)CNS(=O)(=O)c1cccs1. The molecule has 2 aliphatic rings. The molecule has 1 amide bonds. The van der Waals surface area contributed by atoms with Gasteiger partial charge in [0.1, 0.15) is 10.3 Å². The van der Waals surface area contributed by atoms with Gasteiger partial charge >= 0.3 is 5.97 Å². The Bertz CT molecular complexity index is 716. The van der Waals surface area contributed by atoms with E-state index in [1.54, 1.807) is 11.4 Å². The molecule has 1 saturated heterocycles. The summed E-state index contributed by atoms with van der Waals surface area (Å²) in [5.74, 6) is -1.27. The van der Waals surface area contributed by atoms with Crippen LogP contribution in [0.15, 0.2) is 21.7 Å². The normalized spacial score (nSPS) is 27.0. The smallest absolute Gasteiger partial charge is 0.326 e. The number of carbonyl (C=O) groups is 2. The van der Waals surface area contributed by atoms with Crippen LogP contribution in [-0.2, 0) is 19.6 Å². The van der Waals surface area contributed by atoms with Crippen LogP contribution in [0.1, 0.15) is 32.1 Å². The second-order valence-electron chi connectivity index (χ2n) is 6.26. The predicted molar refractivity (Wildman–Crippen MR) is 88.1 cm³/mol. The van der Waals surface area contributed by atoms with E-state index < -0.39 is 34.5 Å². The molecule has 1 aliphatic carbocycles. The highest BCUT2D eigenvalue weighted by Crippen LogP contribution is 2.39. The molecule has 1 aromatic rings. The number of thiophene rings is 1. The minimum Gasteiger partial charge on any atom is -0.480 e. The van der Waals surface area contributed by atoms with Crippen LogP contribution in [0.3, 0.4) is 0 Å². The van der Waals surface area contributed by atoms with Crippen LogP contribution in [0.2, 0.25) is 0 Å². The van der Waals surface area contributed by atoms with Gasteiger partial charge in [0.2, 0.25) is 5.91 Å². The number of carbonyl (C=O) groups excluding carboxylic acids is 1. The van der Waals surface area contributed by atoms with E-state index in [-0.39, 0.29) is 16.2 Å². The minimum absolute atomic E-state index is 0.0846. The van der Waals surface area contributed by atoms with Gasteiger partial charge in [-0.3, -0.25) is 4.79 Å². The maximum atomic E-state index is 12.6. The average Bonchev–Trinajstić information content (AvgIpc) is 3.20. The highest BCUT2D eigenvalue weighted by Gasteiger charge is 2.47. The lowest BCUT2D eigenvalue weighted by Crippen LogP contribution is -2.49. The third-order valence-corrected chi connectivity index (χ3v) is 7.63. The van der Waals surface area contributed by atoms with Gasteiger partial charge in [-0.2, -0.15) is 0 Å². The zero-order valence-electron chi connectivity index (χ0n) is 13.1. The van der Waals surface area contributed by atoms with Crippen LogP contribution in [0.5, 0.6) is 0 Å². The first-order chi connectivity index (χ1) is 11.4. The number of nitrogens with one attached hydrogen (secondary N) is 1. The Morgan fingerprint density at radius 1 is 1.33 bits per heavy atom. The average molecular weight is 372 g/mol. The lowest BCUT2D eigenvalue weighted by molar-refractivity contribution is -0.149. The molecule has 2 heterocycles. The van der Waals surface area contributed by atoms with Crippen molar-refractivity contribution >= 4 is 33.2 Å². The van der Waals surface area contributed by atoms with E-state index in [2.05, 4.69) is 4.72 Å². The van der Waals surface area contributed by atoms with Crippen LogP contribution in [0.4, 0.5) is 0 Å². The number of amides is 1. The zero-order chi connectivity index (χ0) is 17.3. The van der Waals surface area contributed by atoms with E-state index in [4.69, 9.17) is 0 Å². The van der Waals surface area contributed by atoms with Crippen LogP contribution in [0.25, 0.3) is 0 Å². The van der Waals surface area contributed by atoms with Crippen molar-refractivity contribution in [1.82, 2.24) is 9.62 Å². The number of nitrogens with zero attached hydrogens (tertiary/aromatic N) is 1. The second kappa shape index (κ2) is 6.81. The van der Waals surface area contributed by atoms with Gasteiger partial charge in [0, 0.05) is 6.04 Å². The van der Waals surface area contributed by atoms with Crippen molar-refractivity contribution < 1.29 is 23.1 Å². The molecule has 3 rings (SSSR count). The third kappa shape index (κ3) is 3.33. The summed E-state index contributed by atoms with van der Waals surface area (Å²) in [6.07, 6.45) is 4.21. The van der Waals surface area contributed by atoms with E-state index in [0.717, 1.165) is 37.0 Å². The molecule has 3 atom stereocenters. The third-order valence-electron chi connectivity index (χ3n) is 4.83. The quantitative estimate of drug-likeness (QED) is 0.810.